The Hall–Kier alpha value is -1.04. The van der Waals surface area contributed by atoms with E-state index in [1.807, 2.05) is 14.1 Å². The van der Waals surface area contributed by atoms with Crippen LogP contribution < -0.4 is 5.32 Å². The first-order valence-electron chi connectivity index (χ1n) is 7.88. The molecule has 0 spiro atoms. The van der Waals surface area contributed by atoms with E-state index in [-0.39, 0.29) is 0 Å². The number of alkyl halides is 13. The lowest BCUT2D eigenvalue weighted by Gasteiger charge is -2.38. The smallest absolute Gasteiger partial charge is 0.323 e. The Labute approximate surface area is 167 Å². The van der Waals surface area contributed by atoms with Crippen LogP contribution in [0.2, 0.25) is 0 Å². The van der Waals surface area contributed by atoms with Gasteiger partial charge in [0.2, 0.25) is 0 Å². The summed E-state index contributed by atoms with van der Waals surface area (Å²) in [6.07, 6.45) is -11.8. The van der Waals surface area contributed by atoms with Gasteiger partial charge in [-0.05, 0) is 26.9 Å². The van der Waals surface area contributed by atoms with Crippen LogP contribution in [-0.2, 0) is 10.1 Å². The third kappa shape index (κ3) is 7.23. The van der Waals surface area contributed by atoms with Gasteiger partial charge in [-0.1, -0.05) is 6.42 Å². The number of rotatable bonds is 10. The maximum Gasteiger partial charge on any atom is 0.438 e. The maximum atomic E-state index is 13.3. The molecule has 0 atom stereocenters. The zero-order valence-corrected chi connectivity index (χ0v) is 16.4. The average Bonchev–Trinajstić information content (AvgIpc) is 2.52. The quantitative estimate of drug-likeness (QED) is 0.234. The highest BCUT2D eigenvalue weighted by Crippen LogP contribution is 2.58. The highest BCUT2D eigenvalue weighted by Gasteiger charge is 2.88. The van der Waals surface area contributed by atoms with Crippen LogP contribution in [0.4, 0.5) is 57.1 Å². The van der Waals surface area contributed by atoms with Gasteiger partial charge in [0, 0.05) is 12.8 Å². The second-order valence-corrected chi connectivity index (χ2v) is 7.56. The minimum atomic E-state index is -7.69. The standard InChI is InChI=1S/C11H11F13O3S.C2H7N/c12-6(13,4-2-1-3-5-7(14,15)16)8(17,18)9(19,20)10(21,22)11(23,24)28(25,26)27;1-3-2/h1-5H2,(H,25,26,27);3H,1-2H3. The van der Waals surface area contributed by atoms with E-state index in [0.29, 0.717) is 0 Å². The van der Waals surface area contributed by atoms with Gasteiger partial charge in [-0.3, -0.25) is 4.55 Å². The van der Waals surface area contributed by atoms with Gasteiger partial charge in [0.15, 0.2) is 0 Å². The molecule has 0 aromatic heterocycles. The van der Waals surface area contributed by atoms with Gasteiger partial charge in [0.05, 0.1) is 0 Å². The lowest BCUT2D eigenvalue weighted by molar-refractivity contribution is -0.390. The first kappa shape index (κ1) is 32.1. The molecule has 0 fully saturated rings. The van der Waals surface area contributed by atoms with E-state index in [1.54, 1.807) is 0 Å². The fourth-order valence-electron chi connectivity index (χ4n) is 1.78. The van der Waals surface area contributed by atoms with Gasteiger partial charge in [-0.15, -0.1) is 0 Å². The Balaban J connectivity index is 0. The van der Waals surface area contributed by atoms with Gasteiger partial charge < -0.3 is 5.32 Å². The molecule has 2 N–H and O–H groups in total. The zero-order valence-electron chi connectivity index (χ0n) is 15.6. The van der Waals surface area contributed by atoms with E-state index in [2.05, 4.69) is 5.32 Å². The van der Waals surface area contributed by atoms with Crippen LogP contribution in [0.15, 0.2) is 0 Å². The molecular weight excluding hydrogens is 497 g/mol. The SMILES string of the molecule is CNC.O=S(=O)(O)C(F)(F)C(F)(F)C(F)(F)C(F)(F)C(F)(F)CCCCCC(F)(F)F. The van der Waals surface area contributed by atoms with E-state index in [0.717, 1.165) is 0 Å². The molecule has 0 rings (SSSR count). The largest absolute Gasteiger partial charge is 0.438 e. The van der Waals surface area contributed by atoms with Crippen molar-refractivity contribution in [3.05, 3.63) is 0 Å². The molecule has 0 aliphatic rings. The van der Waals surface area contributed by atoms with Crippen molar-refractivity contribution in [2.24, 2.45) is 0 Å². The molecule has 0 unspecified atom stereocenters. The molecule has 18 heteroatoms. The minimum Gasteiger partial charge on any atom is -0.323 e. The summed E-state index contributed by atoms with van der Waals surface area (Å²) in [5.41, 5.74) is 0. The van der Waals surface area contributed by atoms with Crippen LogP contribution >= 0.6 is 0 Å². The number of unbranched alkanes of at least 4 members (excludes halogenated alkanes) is 2. The van der Waals surface area contributed by atoms with Crippen LogP contribution in [0, 0.1) is 0 Å². The molecule has 0 bridgehead atoms. The highest BCUT2D eigenvalue weighted by molar-refractivity contribution is 7.87. The molecule has 0 aromatic carbocycles. The number of hydrogen-bond donors (Lipinski definition) is 2. The molecule has 0 amide bonds. The summed E-state index contributed by atoms with van der Waals surface area (Å²) >= 11 is 0. The second-order valence-electron chi connectivity index (χ2n) is 6.10. The van der Waals surface area contributed by atoms with Crippen molar-refractivity contribution in [1.29, 1.82) is 0 Å². The number of nitrogens with one attached hydrogen (secondary N) is 1. The van der Waals surface area contributed by atoms with Crippen molar-refractivity contribution in [3.63, 3.8) is 0 Å². The molecule has 0 aromatic rings. The third-order valence-corrected chi connectivity index (χ3v) is 4.29. The summed E-state index contributed by atoms with van der Waals surface area (Å²) in [6.45, 7) is 0. The highest BCUT2D eigenvalue weighted by atomic mass is 32.2. The van der Waals surface area contributed by atoms with Crippen molar-refractivity contribution < 1.29 is 70.0 Å². The third-order valence-electron chi connectivity index (χ3n) is 3.39. The molecule has 0 aliphatic carbocycles. The second kappa shape index (κ2) is 10.3. The van der Waals surface area contributed by atoms with Crippen LogP contribution in [-0.4, -0.2) is 62.2 Å². The van der Waals surface area contributed by atoms with E-state index in [9.17, 15) is 65.5 Å². The van der Waals surface area contributed by atoms with Gasteiger partial charge in [-0.2, -0.15) is 65.5 Å². The Kier molecular flexibility index (Phi) is 10.6. The Morgan fingerprint density at radius 1 is 0.645 bits per heavy atom. The molecule has 0 heterocycles. The molecule has 190 valence electrons. The van der Waals surface area contributed by atoms with E-state index < -0.39 is 77.3 Å². The van der Waals surface area contributed by atoms with Crippen LogP contribution in [0.5, 0.6) is 0 Å². The molecule has 0 saturated heterocycles. The van der Waals surface area contributed by atoms with Gasteiger partial charge in [0.1, 0.15) is 0 Å². The van der Waals surface area contributed by atoms with Gasteiger partial charge in [0.25, 0.3) is 0 Å². The van der Waals surface area contributed by atoms with Crippen LogP contribution in [0.25, 0.3) is 0 Å². The topological polar surface area (TPSA) is 66.4 Å². The number of hydrogen-bond acceptors (Lipinski definition) is 3. The predicted molar refractivity (Wildman–Crippen MR) is 80.4 cm³/mol. The van der Waals surface area contributed by atoms with Crippen LogP contribution in [0.1, 0.15) is 32.1 Å². The summed E-state index contributed by atoms with van der Waals surface area (Å²) < 4.78 is 195. The summed E-state index contributed by atoms with van der Waals surface area (Å²) in [6, 6.07) is 0. The normalized spacial score (nSPS) is 14.8. The molecule has 31 heavy (non-hydrogen) atoms. The fourth-order valence-corrected chi connectivity index (χ4v) is 2.23. The number of halogens is 13. The minimum absolute atomic E-state index is 0.881. The van der Waals surface area contributed by atoms with Gasteiger partial charge >= 0.3 is 45.2 Å². The molecule has 0 radical (unpaired) electrons. The van der Waals surface area contributed by atoms with Crippen LogP contribution in [0.3, 0.4) is 0 Å². The molecule has 4 nitrogen and oxygen atoms in total. The molecular formula is C13H18F13NO3S. The summed E-state index contributed by atoms with van der Waals surface area (Å²) in [5, 5.41) is -4.52. The summed E-state index contributed by atoms with van der Waals surface area (Å²) in [7, 11) is -3.69. The molecule has 0 saturated carbocycles. The first-order chi connectivity index (χ1) is 13.4. The van der Waals surface area contributed by atoms with E-state index in [1.165, 1.54) is 0 Å². The maximum absolute atomic E-state index is 13.3. The molecule has 0 aliphatic heterocycles. The summed E-state index contributed by atoms with van der Waals surface area (Å²) in [5.74, 6) is -28.8. The Morgan fingerprint density at radius 2 is 1.00 bits per heavy atom. The Bertz CT molecular complexity index is 662. The monoisotopic (exact) mass is 515 g/mol. The lowest BCUT2D eigenvalue weighted by atomic mass is 9.94. The van der Waals surface area contributed by atoms with Crippen molar-refractivity contribution in [2.45, 2.75) is 67.2 Å². The van der Waals surface area contributed by atoms with E-state index >= 15 is 0 Å². The van der Waals surface area contributed by atoms with Crippen molar-refractivity contribution in [1.82, 2.24) is 5.32 Å². The van der Waals surface area contributed by atoms with Crippen molar-refractivity contribution in [2.75, 3.05) is 14.1 Å². The fraction of sp³-hybridized carbons (Fsp3) is 1.00. The van der Waals surface area contributed by atoms with Gasteiger partial charge in [-0.25, -0.2) is 0 Å². The lowest BCUT2D eigenvalue weighted by Crippen LogP contribution is -2.68. The Morgan fingerprint density at radius 3 is 1.32 bits per heavy atom. The van der Waals surface area contributed by atoms with E-state index in [4.69, 9.17) is 4.55 Å². The van der Waals surface area contributed by atoms with Crippen molar-refractivity contribution >= 4 is 10.1 Å². The first-order valence-corrected chi connectivity index (χ1v) is 9.32. The van der Waals surface area contributed by atoms with Crippen molar-refractivity contribution in [3.8, 4) is 0 Å². The summed E-state index contributed by atoms with van der Waals surface area (Å²) in [4.78, 5) is 0. The zero-order chi connectivity index (χ0) is 25.7. The predicted octanol–water partition coefficient (Wildman–Crippen LogP) is 5.36. The average molecular weight is 515 g/mol.